The van der Waals surface area contributed by atoms with Crippen LogP contribution >= 0.6 is 0 Å². The SMILES string of the molecule is O=C(C1NNC2CCCCCC21)N1CCN(C/C=C/c2ccccc2)CC1. The van der Waals surface area contributed by atoms with Gasteiger partial charge >= 0.3 is 0 Å². The number of nitrogens with one attached hydrogen (secondary N) is 2. The highest BCUT2D eigenvalue weighted by Gasteiger charge is 2.42. The van der Waals surface area contributed by atoms with E-state index in [2.05, 4.69) is 57.1 Å². The molecule has 1 saturated carbocycles. The number of hydrogen-bond acceptors (Lipinski definition) is 4. The zero-order valence-corrected chi connectivity index (χ0v) is 16.1. The van der Waals surface area contributed by atoms with Crippen molar-refractivity contribution in [2.75, 3.05) is 32.7 Å². The molecule has 2 aliphatic heterocycles. The maximum absolute atomic E-state index is 13.1. The van der Waals surface area contributed by atoms with Crippen LogP contribution in [0.3, 0.4) is 0 Å². The summed E-state index contributed by atoms with van der Waals surface area (Å²) in [5, 5.41) is 0. The van der Waals surface area contributed by atoms with Crippen LogP contribution in [0.2, 0.25) is 0 Å². The van der Waals surface area contributed by atoms with Crippen LogP contribution in [0.25, 0.3) is 6.08 Å². The Kier molecular flexibility index (Phi) is 6.22. The largest absolute Gasteiger partial charge is 0.339 e. The molecule has 146 valence electrons. The topological polar surface area (TPSA) is 47.6 Å². The Morgan fingerprint density at radius 1 is 1.00 bits per heavy atom. The molecule has 0 bridgehead atoms. The smallest absolute Gasteiger partial charge is 0.241 e. The van der Waals surface area contributed by atoms with E-state index in [-0.39, 0.29) is 6.04 Å². The summed E-state index contributed by atoms with van der Waals surface area (Å²) < 4.78 is 0. The van der Waals surface area contributed by atoms with Gasteiger partial charge in [0, 0.05) is 44.7 Å². The maximum atomic E-state index is 13.1. The molecule has 1 aromatic carbocycles. The normalized spacial score (nSPS) is 29.6. The van der Waals surface area contributed by atoms with Gasteiger partial charge in [-0.1, -0.05) is 61.7 Å². The van der Waals surface area contributed by atoms with Gasteiger partial charge in [0.25, 0.3) is 0 Å². The molecule has 4 rings (SSSR count). The monoisotopic (exact) mass is 368 g/mol. The zero-order chi connectivity index (χ0) is 18.5. The van der Waals surface area contributed by atoms with Crippen LogP contribution in [0, 0.1) is 5.92 Å². The van der Waals surface area contributed by atoms with Crippen molar-refractivity contribution in [3.05, 3.63) is 42.0 Å². The van der Waals surface area contributed by atoms with Crippen molar-refractivity contribution in [1.82, 2.24) is 20.7 Å². The number of fused-ring (bicyclic) bond motifs is 1. The van der Waals surface area contributed by atoms with Crippen molar-refractivity contribution in [2.45, 2.75) is 44.2 Å². The lowest BCUT2D eigenvalue weighted by atomic mass is 9.89. The molecule has 1 amide bonds. The minimum atomic E-state index is -0.0300. The Balaban J connectivity index is 1.25. The van der Waals surface area contributed by atoms with Gasteiger partial charge in [-0.2, -0.15) is 0 Å². The summed E-state index contributed by atoms with van der Waals surface area (Å²) in [4.78, 5) is 17.6. The van der Waals surface area contributed by atoms with Crippen LogP contribution in [-0.4, -0.2) is 60.5 Å². The minimum absolute atomic E-state index is 0.0300. The number of hydrogen-bond donors (Lipinski definition) is 2. The Labute approximate surface area is 162 Å². The summed E-state index contributed by atoms with van der Waals surface area (Å²) in [5.41, 5.74) is 7.96. The lowest BCUT2D eigenvalue weighted by Crippen LogP contribution is -2.54. The quantitative estimate of drug-likeness (QED) is 0.856. The number of amides is 1. The summed E-state index contributed by atoms with van der Waals surface area (Å²) in [6.07, 6.45) is 10.6. The van der Waals surface area contributed by atoms with Gasteiger partial charge in [-0.15, -0.1) is 0 Å². The minimum Gasteiger partial charge on any atom is -0.339 e. The molecule has 5 heteroatoms. The standard InChI is InChI=1S/C22H32N4O/c27-22(21-19-11-5-2-6-12-20(19)23-24-21)26-16-14-25(15-17-26)13-7-10-18-8-3-1-4-9-18/h1,3-4,7-10,19-21,23-24H,2,5-6,11-17H2/b10-7+. The van der Waals surface area contributed by atoms with Crippen molar-refractivity contribution >= 4 is 12.0 Å². The molecule has 0 spiro atoms. The fourth-order valence-corrected chi connectivity index (χ4v) is 4.71. The number of rotatable bonds is 4. The second kappa shape index (κ2) is 9.00. The van der Waals surface area contributed by atoms with Gasteiger partial charge in [0.2, 0.25) is 5.91 Å². The van der Waals surface area contributed by atoms with E-state index >= 15 is 0 Å². The molecule has 3 aliphatic rings. The molecule has 5 nitrogen and oxygen atoms in total. The summed E-state index contributed by atoms with van der Waals surface area (Å²) in [7, 11) is 0. The molecule has 0 radical (unpaired) electrons. The fourth-order valence-electron chi connectivity index (χ4n) is 4.71. The van der Waals surface area contributed by atoms with Crippen LogP contribution < -0.4 is 10.9 Å². The molecule has 2 saturated heterocycles. The lowest BCUT2D eigenvalue weighted by molar-refractivity contribution is -0.136. The summed E-state index contributed by atoms with van der Waals surface area (Å²) in [6.45, 7) is 4.55. The summed E-state index contributed by atoms with van der Waals surface area (Å²) in [5.74, 6) is 0.767. The first-order valence-electron chi connectivity index (χ1n) is 10.5. The van der Waals surface area contributed by atoms with Crippen molar-refractivity contribution < 1.29 is 4.79 Å². The third-order valence-corrected chi connectivity index (χ3v) is 6.35. The van der Waals surface area contributed by atoms with E-state index in [1.165, 1.54) is 37.7 Å². The molecule has 2 N–H and O–H groups in total. The van der Waals surface area contributed by atoms with Crippen LogP contribution in [0.4, 0.5) is 0 Å². The zero-order valence-electron chi connectivity index (χ0n) is 16.1. The number of hydrazine groups is 1. The van der Waals surface area contributed by atoms with E-state index in [9.17, 15) is 4.79 Å². The Bertz CT molecular complexity index is 639. The molecule has 27 heavy (non-hydrogen) atoms. The van der Waals surface area contributed by atoms with E-state index in [1.807, 2.05) is 6.07 Å². The molecule has 3 fully saturated rings. The van der Waals surface area contributed by atoms with Crippen LogP contribution in [0.1, 0.15) is 37.7 Å². The van der Waals surface area contributed by atoms with Gasteiger partial charge in [-0.3, -0.25) is 15.1 Å². The van der Waals surface area contributed by atoms with Gasteiger partial charge in [-0.25, -0.2) is 5.43 Å². The second-order valence-electron chi connectivity index (χ2n) is 8.11. The summed E-state index contributed by atoms with van der Waals surface area (Å²) in [6, 6.07) is 10.9. The molecular formula is C22H32N4O. The van der Waals surface area contributed by atoms with Crippen LogP contribution in [0.15, 0.2) is 36.4 Å². The number of piperazine rings is 1. The molecule has 2 heterocycles. The first-order chi connectivity index (χ1) is 13.3. The predicted octanol–water partition coefficient (Wildman–Crippen LogP) is 2.27. The van der Waals surface area contributed by atoms with Gasteiger partial charge < -0.3 is 4.90 Å². The molecular weight excluding hydrogens is 336 g/mol. The first kappa shape index (κ1) is 18.7. The number of carbonyl (C=O) groups excluding carboxylic acids is 1. The number of benzene rings is 1. The molecule has 0 aromatic heterocycles. The van der Waals surface area contributed by atoms with Crippen molar-refractivity contribution in [3.63, 3.8) is 0 Å². The van der Waals surface area contributed by atoms with E-state index in [0.717, 1.165) is 32.7 Å². The third-order valence-electron chi connectivity index (χ3n) is 6.35. The maximum Gasteiger partial charge on any atom is 0.241 e. The van der Waals surface area contributed by atoms with Crippen molar-refractivity contribution in [2.24, 2.45) is 5.92 Å². The van der Waals surface area contributed by atoms with E-state index in [1.54, 1.807) is 0 Å². The fraction of sp³-hybridized carbons (Fsp3) is 0.591. The average molecular weight is 369 g/mol. The van der Waals surface area contributed by atoms with Crippen LogP contribution in [-0.2, 0) is 4.79 Å². The van der Waals surface area contributed by atoms with Gasteiger partial charge in [0.1, 0.15) is 6.04 Å². The molecule has 1 aromatic rings. The molecule has 1 aliphatic carbocycles. The Morgan fingerprint density at radius 3 is 2.59 bits per heavy atom. The highest BCUT2D eigenvalue weighted by atomic mass is 16.2. The Hall–Kier alpha value is -1.69. The third kappa shape index (κ3) is 4.60. The Morgan fingerprint density at radius 2 is 1.78 bits per heavy atom. The van der Waals surface area contributed by atoms with E-state index in [0.29, 0.717) is 17.9 Å². The highest BCUT2D eigenvalue weighted by molar-refractivity contribution is 5.82. The van der Waals surface area contributed by atoms with Crippen molar-refractivity contribution in [3.8, 4) is 0 Å². The highest BCUT2D eigenvalue weighted by Crippen LogP contribution is 2.30. The number of nitrogens with zero attached hydrogens (tertiary/aromatic N) is 2. The molecule has 3 unspecified atom stereocenters. The predicted molar refractivity (Wildman–Crippen MR) is 109 cm³/mol. The second-order valence-corrected chi connectivity index (χ2v) is 8.11. The van der Waals surface area contributed by atoms with Crippen LogP contribution in [0.5, 0.6) is 0 Å². The van der Waals surface area contributed by atoms with Crippen molar-refractivity contribution in [1.29, 1.82) is 0 Å². The lowest BCUT2D eigenvalue weighted by Gasteiger charge is -2.36. The van der Waals surface area contributed by atoms with E-state index in [4.69, 9.17) is 0 Å². The molecule has 3 atom stereocenters. The van der Waals surface area contributed by atoms with Gasteiger partial charge in [0.05, 0.1) is 0 Å². The average Bonchev–Trinajstić information content (AvgIpc) is 2.97. The van der Waals surface area contributed by atoms with Gasteiger partial charge in [0.15, 0.2) is 0 Å². The summed E-state index contributed by atoms with van der Waals surface area (Å²) >= 11 is 0. The van der Waals surface area contributed by atoms with E-state index < -0.39 is 0 Å². The first-order valence-corrected chi connectivity index (χ1v) is 10.5. The number of carbonyl (C=O) groups is 1. The van der Waals surface area contributed by atoms with Gasteiger partial charge in [-0.05, 0) is 18.4 Å².